The van der Waals surface area contributed by atoms with Gasteiger partial charge in [0.15, 0.2) is 0 Å². The van der Waals surface area contributed by atoms with Crippen molar-refractivity contribution in [1.82, 2.24) is 0 Å². The zero-order chi connectivity index (χ0) is 14.4. The van der Waals surface area contributed by atoms with E-state index in [1.165, 1.54) is 0 Å². The quantitative estimate of drug-likeness (QED) is 0.523. The number of methoxy groups -OCH3 is 1. The molecule has 1 N–H and O–H groups in total. The first-order chi connectivity index (χ1) is 9.72. The van der Waals surface area contributed by atoms with Crippen molar-refractivity contribution in [3.8, 4) is 5.75 Å². The second kappa shape index (κ2) is 6.52. The molecular weight excluding hydrogens is 252 g/mol. The van der Waals surface area contributed by atoms with Gasteiger partial charge in [0.1, 0.15) is 5.75 Å². The van der Waals surface area contributed by atoms with Gasteiger partial charge >= 0.3 is 0 Å². The molecule has 0 aliphatic rings. The maximum absolute atomic E-state index is 8.70. The van der Waals surface area contributed by atoms with E-state index in [9.17, 15) is 0 Å². The average Bonchev–Trinajstić information content (AvgIpc) is 2.53. The van der Waals surface area contributed by atoms with Gasteiger partial charge in [0.05, 0.1) is 18.5 Å². The molecule has 0 saturated carbocycles. The van der Waals surface area contributed by atoms with E-state index < -0.39 is 0 Å². The van der Waals surface area contributed by atoms with E-state index in [1.54, 1.807) is 20.2 Å². The Bertz CT molecular complexity index is 614. The predicted molar refractivity (Wildman–Crippen MR) is 80.7 cm³/mol. The summed E-state index contributed by atoms with van der Waals surface area (Å²) in [6.07, 6.45) is 1.79. The summed E-state index contributed by atoms with van der Waals surface area (Å²) >= 11 is 0. The van der Waals surface area contributed by atoms with Gasteiger partial charge in [0.2, 0.25) is 0 Å². The first-order valence-electron chi connectivity index (χ1n) is 6.20. The lowest BCUT2D eigenvalue weighted by molar-refractivity contribution is 0.319. The minimum atomic E-state index is 0.579. The molecule has 0 amide bonds. The van der Waals surface area contributed by atoms with E-state index >= 15 is 0 Å². The van der Waals surface area contributed by atoms with Gasteiger partial charge < -0.3 is 9.94 Å². The number of hydrogen-bond acceptors (Lipinski definition) is 4. The third kappa shape index (κ3) is 3.45. The van der Waals surface area contributed by atoms with Gasteiger partial charge in [0, 0.05) is 6.21 Å². The molecule has 2 aromatic carbocycles. The van der Waals surface area contributed by atoms with E-state index in [0.29, 0.717) is 5.71 Å². The number of nitrogens with zero attached hydrogens (tertiary/aromatic N) is 2. The maximum atomic E-state index is 8.70. The lowest BCUT2D eigenvalue weighted by Crippen LogP contribution is -1.92. The molecule has 0 fully saturated rings. The van der Waals surface area contributed by atoms with Crippen LogP contribution in [0.5, 0.6) is 5.75 Å². The summed E-state index contributed by atoms with van der Waals surface area (Å²) in [6, 6.07) is 15.2. The van der Waals surface area contributed by atoms with E-state index in [0.717, 1.165) is 22.6 Å². The van der Waals surface area contributed by atoms with Gasteiger partial charge in [-0.1, -0.05) is 17.3 Å². The molecule has 102 valence electrons. The Kier molecular flexibility index (Phi) is 4.50. The molecule has 0 atom stereocenters. The van der Waals surface area contributed by atoms with Gasteiger partial charge in [0.25, 0.3) is 0 Å². The number of oxime groups is 1. The van der Waals surface area contributed by atoms with Gasteiger partial charge in [-0.3, -0.25) is 4.99 Å². The minimum absolute atomic E-state index is 0.579. The summed E-state index contributed by atoms with van der Waals surface area (Å²) in [7, 11) is 1.64. The van der Waals surface area contributed by atoms with Gasteiger partial charge in [-0.25, -0.2) is 0 Å². The lowest BCUT2D eigenvalue weighted by atomic mass is 10.1. The van der Waals surface area contributed by atoms with Crippen molar-refractivity contribution in [2.75, 3.05) is 7.11 Å². The van der Waals surface area contributed by atoms with Crippen LogP contribution in [0.3, 0.4) is 0 Å². The predicted octanol–water partition coefficient (Wildman–Crippen LogP) is 3.64. The van der Waals surface area contributed by atoms with Crippen molar-refractivity contribution in [3.63, 3.8) is 0 Å². The zero-order valence-electron chi connectivity index (χ0n) is 11.4. The number of aliphatic imine (C=N–C) groups is 1. The molecule has 2 aromatic rings. The molecule has 0 saturated heterocycles. The Hall–Kier alpha value is -2.62. The van der Waals surface area contributed by atoms with Crippen LogP contribution in [0.1, 0.15) is 18.1 Å². The summed E-state index contributed by atoms with van der Waals surface area (Å²) in [6.45, 7) is 1.75. The first kappa shape index (κ1) is 13.8. The highest BCUT2D eigenvalue weighted by Crippen LogP contribution is 2.15. The van der Waals surface area contributed by atoms with E-state index in [-0.39, 0.29) is 0 Å². The molecule has 0 bridgehead atoms. The largest absolute Gasteiger partial charge is 0.497 e. The smallest absolute Gasteiger partial charge is 0.118 e. The summed E-state index contributed by atoms with van der Waals surface area (Å²) in [5.74, 6) is 0.824. The average molecular weight is 268 g/mol. The second-order valence-electron chi connectivity index (χ2n) is 4.26. The Morgan fingerprint density at radius 2 is 1.70 bits per heavy atom. The zero-order valence-corrected chi connectivity index (χ0v) is 11.4. The van der Waals surface area contributed by atoms with Crippen molar-refractivity contribution in [1.29, 1.82) is 0 Å². The van der Waals surface area contributed by atoms with E-state index in [2.05, 4.69) is 10.1 Å². The van der Waals surface area contributed by atoms with Crippen LogP contribution in [0.4, 0.5) is 5.69 Å². The molecule has 0 aromatic heterocycles. The number of rotatable bonds is 4. The molecule has 0 unspecified atom stereocenters. The van der Waals surface area contributed by atoms with Crippen LogP contribution in [0.25, 0.3) is 0 Å². The summed E-state index contributed by atoms with van der Waals surface area (Å²) in [4.78, 5) is 4.39. The Balaban J connectivity index is 2.10. The SMILES string of the molecule is COc1ccc(C=Nc2ccc(/C(C)=N/O)cc2)cc1. The molecule has 0 radical (unpaired) electrons. The van der Waals surface area contributed by atoms with Crippen LogP contribution >= 0.6 is 0 Å². The molecule has 0 aliphatic carbocycles. The third-order valence-corrected chi connectivity index (χ3v) is 2.91. The summed E-state index contributed by atoms with van der Waals surface area (Å²) in [5.41, 5.74) is 3.30. The third-order valence-electron chi connectivity index (χ3n) is 2.91. The standard InChI is InChI=1S/C16H16N2O2/c1-12(18-19)14-5-7-15(8-6-14)17-11-13-3-9-16(20-2)10-4-13/h3-11,19H,1-2H3/b17-11?,18-12+. The fraction of sp³-hybridized carbons (Fsp3) is 0.125. The molecule has 0 spiro atoms. The fourth-order valence-electron chi connectivity index (χ4n) is 1.69. The van der Waals surface area contributed by atoms with Crippen molar-refractivity contribution in [2.45, 2.75) is 6.92 Å². The van der Waals surface area contributed by atoms with Gasteiger partial charge in [-0.2, -0.15) is 0 Å². The molecule has 0 heterocycles. The lowest BCUT2D eigenvalue weighted by Gasteiger charge is -2.00. The van der Waals surface area contributed by atoms with Crippen molar-refractivity contribution < 1.29 is 9.94 Å². The van der Waals surface area contributed by atoms with Crippen LogP contribution in [0, 0.1) is 0 Å². The molecule has 4 nitrogen and oxygen atoms in total. The topological polar surface area (TPSA) is 54.2 Å². The summed E-state index contributed by atoms with van der Waals surface area (Å²) in [5, 5.41) is 11.9. The number of benzene rings is 2. The molecule has 20 heavy (non-hydrogen) atoms. The van der Waals surface area contributed by atoms with Crippen molar-refractivity contribution in [2.24, 2.45) is 10.1 Å². The first-order valence-corrected chi connectivity index (χ1v) is 6.20. The van der Waals surface area contributed by atoms with Crippen LogP contribution in [-0.2, 0) is 0 Å². The fourth-order valence-corrected chi connectivity index (χ4v) is 1.69. The van der Waals surface area contributed by atoms with Crippen LogP contribution in [0.2, 0.25) is 0 Å². The Labute approximate surface area is 118 Å². The van der Waals surface area contributed by atoms with E-state index in [4.69, 9.17) is 9.94 Å². The highest BCUT2D eigenvalue weighted by Gasteiger charge is 1.97. The van der Waals surface area contributed by atoms with Crippen LogP contribution in [-0.4, -0.2) is 24.2 Å². The molecule has 2 rings (SSSR count). The van der Waals surface area contributed by atoms with Gasteiger partial charge in [-0.05, 0) is 54.4 Å². The Morgan fingerprint density at radius 3 is 2.25 bits per heavy atom. The molecule has 4 heteroatoms. The van der Waals surface area contributed by atoms with E-state index in [1.807, 2.05) is 48.5 Å². The van der Waals surface area contributed by atoms with Crippen LogP contribution in [0.15, 0.2) is 58.7 Å². The Morgan fingerprint density at radius 1 is 1.05 bits per heavy atom. The molecule has 0 aliphatic heterocycles. The van der Waals surface area contributed by atoms with Crippen LogP contribution < -0.4 is 4.74 Å². The monoisotopic (exact) mass is 268 g/mol. The highest BCUT2D eigenvalue weighted by atomic mass is 16.5. The molecular formula is C16H16N2O2. The summed E-state index contributed by atoms with van der Waals surface area (Å²) < 4.78 is 5.10. The normalized spacial score (nSPS) is 11.8. The van der Waals surface area contributed by atoms with Crippen molar-refractivity contribution in [3.05, 3.63) is 59.7 Å². The number of hydrogen-bond donors (Lipinski definition) is 1. The second-order valence-corrected chi connectivity index (χ2v) is 4.26. The number of ether oxygens (including phenoxy) is 1. The van der Waals surface area contributed by atoms with Gasteiger partial charge in [-0.15, -0.1) is 0 Å². The van der Waals surface area contributed by atoms with Crippen molar-refractivity contribution >= 4 is 17.6 Å². The minimum Gasteiger partial charge on any atom is -0.497 e. The maximum Gasteiger partial charge on any atom is 0.118 e. The highest BCUT2D eigenvalue weighted by molar-refractivity contribution is 5.98.